The fourth-order valence-corrected chi connectivity index (χ4v) is 1.96. The molecule has 2 aliphatic rings. The van der Waals surface area contributed by atoms with Gasteiger partial charge in [-0.05, 0) is 13.8 Å². The Morgan fingerprint density at radius 1 is 1.33 bits per heavy atom. The zero-order chi connectivity index (χ0) is 11.3. The van der Waals surface area contributed by atoms with E-state index in [1.807, 2.05) is 0 Å². The highest BCUT2D eigenvalue weighted by atomic mass is 16.8. The van der Waals surface area contributed by atoms with Crippen LogP contribution in [-0.4, -0.2) is 58.4 Å². The van der Waals surface area contributed by atoms with Crippen LogP contribution < -0.4 is 0 Å². The molecule has 0 aromatic heterocycles. The molecule has 0 aromatic carbocycles. The Bertz CT molecular complexity index is 255. The maximum absolute atomic E-state index is 9.91. The molecule has 6 nitrogen and oxygen atoms in total. The summed E-state index contributed by atoms with van der Waals surface area (Å²) in [5, 5.41) is 28.6. The van der Waals surface area contributed by atoms with Crippen molar-refractivity contribution < 1.29 is 29.5 Å². The molecule has 2 rings (SSSR count). The van der Waals surface area contributed by atoms with E-state index in [-0.39, 0.29) is 6.61 Å². The van der Waals surface area contributed by atoms with E-state index in [4.69, 9.17) is 19.3 Å². The second-order valence-electron chi connectivity index (χ2n) is 4.40. The van der Waals surface area contributed by atoms with Crippen LogP contribution in [0.5, 0.6) is 0 Å². The van der Waals surface area contributed by atoms with Crippen molar-refractivity contribution in [2.24, 2.45) is 0 Å². The van der Waals surface area contributed by atoms with Gasteiger partial charge in [-0.2, -0.15) is 0 Å². The van der Waals surface area contributed by atoms with Gasteiger partial charge in [0.2, 0.25) is 5.79 Å². The summed E-state index contributed by atoms with van der Waals surface area (Å²) >= 11 is 0. The van der Waals surface area contributed by atoms with Crippen molar-refractivity contribution in [1.82, 2.24) is 0 Å². The lowest BCUT2D eigenvalue weighted by molar-refractivity contribution is -0.314. The molecule has 4 atom stereocenters. The lowest BCUT2D eigenvalue weighted by Crippen LogP contribution is -2.61. The Morgan fingerprint density at radius 3 is 2.60 bits per heavy atom. The zero-order valence-corrected chi connectivity index (χ0v) is 8.71. The van der Waals surface area contributed by atoms with Gasteiger partial charge in [0.15, 0.2) is 5.79 Å². The van der Waals surface area contributed by atoms with Gasteiger partial charge in [-0.25, -0.2) is 0 Å². The SMILES string of the molecule is CC1(C)O[C@@H]2[C@H](O)CO[C@](O)(CO)[C@H]2O1. The maximum Gasteiger partial charge on any atom is 0.219 e. The van der Waals surface area contributed by atoms with Crippen LogP contribution in [0.4, 0.5) is 0 Å². The fourth-order valence-electron chi connectivity index (χ4n) is 1.96. The number of hydrogen-bond acceptors (Lipinski definition) is 6. The smallest absolute Gasteiger partial charge is 0.219 e. The molecule has 2 heterocycles. The van der Waals surface area contributed by atoms with Crippen LogP contribution in [0.1, 0.15) is 13.8 Å². The molecule has 0 saturated carbocycles. The van der Waals surface area contributed by atoms with Gasteiger partial charge >= 0.3 is 0 Å². The summed E-state index contributed by atoms with van der Waals surface area (Å²) < 4.78 is 15.8. The molecule has 15 heavy (non-hydrogen) atoms. The predicted octanol–water partition coefficient (Wildman–Crippen LogP) is -1.42. The number of aliphatic hydroxyl groups is 3. The van der Waals surface area contributed by atoms with Gasteiger partial charge < -0.3 is 29.5 Å². The van der Waals surface area contributed by atoms with E-state index in [2.05, 4.69) is 0 Å². The molecule has 0 aromatic rings. The minimum absolute atomic E-state index is 0.0856. The second kappa shape index (κ2) is 3.38. The number of fused-ring (bicyclic) bond motifs is 1. The van der Waals surface area contributed by atoms with E-state index < -0.39 is 36.5 Å². The number of ether oxygens (including phenoxy) is 3. The van der Waals surface area contributed by atoms with E-state index in [0.717, 1.165) is 0 Å². The molecule has 2 saturated heterocycles. The monoisotopic (exact) mass is 220 g/mol. The van der Waals surface area contributed by atoms with Crippen LogP contribution in [0.2, 0.25) is 0 Å². The molecule has 0 amide bonds. The molecule has 0 spiro atoms. The van der Waals surface area contributed by atoms with E-state index in [1.165, 1.54) is 0 Å². The highest BCUT2D eigenvalue weighted by molar-refractivity contribution is 4.98. The van der Waals surface area contributed by atoms with Crippen molar-refractivity contribution in [2.45, 2.75) is 43.7 Å². The van der Waals surface area contributed by atoms with Crippen LogP contribution in [0, 0.1) is 0 Å². The number of aliphatic hydroxyl groups excluding tert-OH is 2. The molecule has 0 bridgehead atoms. The summed E-state index contributed by atoms with van der Waals surface area (Å²) in [5.41, 5.74) is 0. The van der Waals surface area contributed by atoms with Crippen LogP contribution in [-0.2, 0) is 14.2 Å². The van der Waals surface area contributed by atoms with Crippen LogP contribution in [0.15, 0.2) is 0 Å². The first-order valence-corrected chi connectivity index (χ1v) is 4.89. The van der Waals surface area contributed by atoms with Crippen LogP contribution >= 0.6 is 0 Å². The number of rotatable bonds is 1. The van der Waals surface area contributed by atoms with Crippen molar-refractivity contribution in [3.05, 3.63) is 0 Å². The van der Waals surface area contributed by atoms with E-state index in [1.54, 1.807) is 13.8 Å². The highest BCUT2D eigenvalue weighted by Crippen LogP contribution is 2.38. The van der Waals surface area contributed by atoms with Gasteiger partial charge in [-0.15, -0.1) is 0 Å². The summed E-state index contributed by atoms with van der Waals surface area (Å²) in [7, 11) is 0. The molecule has 0 radical (unpaired) electrons. The Kier molecular flexibility index (Phi) is 2.53. The van der Waals surface area contributed by atoms with Gasteiger partial charge in [0.05, 0.1) is 13.2 Å². The molecule has 0 aliphatic carbocycles. The van der Waals surface area contributed by atoms with E-state index in [0.29, 0.717) is 0 Å². The summed E-state index contributed by atoms with van der Waals surface area (Å²) in [4.78, 5) is 0. The van der Waals surface area contributed by atoms with Gasteiger partial charge in [0, 0.05) is 0 Å². The quantitative estimate of drug-likeness (QED) is 0.502. The van der Waals surface area contributed by atoms with Crippen molar-refractivity contribution in [3.8, 4) is 0 Å². The Balaban J connectivity index is 2.24. The van der Waals surface area contributed by atoms with Crippen molar-refractivity contribution in [3.63, 3.8) is 0 Å². The fraction of sp³-hybridized carbons (Fsp3) is 1.00. The van der Waals surface area contributed by atoms with E-state index in [9.17, 15) is 10.2 Å². The molecular formula is C9H16O6. The first-order chi connectivity index (χ1) is 6.88. The van der Waals surface area contributed by atoms with Crippen molar-refractivity contribution in [2.75, 3.05) is 13.2 Å². The molecular weight excluding hydrogens is 204 g/mol. The van der Waals surface area contributed by atoms with Crippen LogP contribution in [0.3, 0.4) is 0 Å². The standard InChI is InChI=1S/C9H16O6/c1-8(2)14-6-5(11)3-13-9(12,4-10)7(6)15-8/h5-7,10-12H,3-4H2,1-2H3/t5-,6-,7+,9-/m1/s1. The summed E-state index contributed by atoms with van der Waals surface area (Å²) in [6, 6.07) is 0. The van der Waals surface area contributed by atoms with Crippen molar-refractivity contribution >= 4 is 0 Å². The minimum atomic E-state index is -1.79. The summed E-state index contributed by atoms with van der Waals surface area (Å²) in [6.07, 6.45) is -2.41. The van der Waals surface area contributed by atoms with Crippen LogP contribution in [0.25, 0.3) is 0 Å². The average molecular weight is 220 g/mol. The summed E-state index contributed by atoms with van der Waals surface area (Å²) in [5.74, 6) is -2.69. The first kappa shape index (κ1) is 11.3. The average Bonchev–Trinajstić information content (AvgIpc) is 2.50. The topological polar surface area (TPSA) is 88.4 Å². The third kappa shape index (κ3) is 1.77. The molecule has 3 N–H and O–H groups in total. The van der Waals surface area contributed by atoms with Gasteiger partial charge in [0.25, 0.3) is 0 Å². The second-order valence-corrected chi connectivity index (χ2v) is 4.40. The summed E-state index contributed by atoms with van der Waals surface area (Å²) in [6.45, 7) is 2.67. The predicted molar refractivity (Wildman–Crippen MR) is 47.8 cm³/mol. The van der Waals surface area contributed by atoms with E-state index >= 15 is 0 Å². The maximum atomic E-state index is 9.91. The van der Waals surface area contributed by atoms with Gasteiger partial charge in [-0.3, -0.25) is 0 Å². The normalized spacial score (nSPS) is 49.0. The molecule has 2 aliphatic heterocycles. The number of hydrogen-bond donors (Lipinski definition) is 3. The van der Waals surface area contributed by atoms with Crippen molar-refractivity contribution in [1.29, 1.82) is 0 Å². The van der Waals surface area contributed by atoms with Gasteiger partial charge in [0.1, 0.15) is 18.3 Å². The minimum Gasteiger partial charge on any atom is -0.391 e. The Morgan fingerprint density at radius 2 is 2.00 bits per heavy atom. The lowest BCUT2D eigenvalue weighted by Gasteiger charge is -2.39. The third-order valence-electron chi connectivity index (χ3n) is 2.68. The Hall–Kier alpha value is -0.240. The lowest BCUT2D eigenvalue weighted by atomic mass is 9.98. The third-order valence-corrected chi connectivity index (χ3v) is 2.68. The Labute approximate surface area is 87.4 Å². The molecule has 6 heteroatoms. The largest absolute Gasteiger partial charge is 0.391 e. The molecule has 88 valence electrons. The molecule has 0 unspecified atom stereocenters. The molecule has 2 fully saturated rings. The van der Waals surface area contributed by atoms with Gasteiger partial charge in [-0.1, -0.05) is 0 Å². The zero-order valence-electron chi connectivity index (χ0n) is 8.71. The highest BCUT2D eigenvalue weighted by Gasteiger charge is 2.58. The first-order valence-electron chi connectivity index (χ1n) is 4.89.